The number of hydrogen-bond donors (Lipinski definition) is 2. The lowest BCUT2D eigenvalue weighted by molar-refractivity contribution is 0.582. The maximum Gasteiger partial charge on any atom is 0.214 e. The van der Waals surface area contributed by atoms with Crippen molar-refractivity contribution in [3.63, 3.8) is 0 Å². The van der Waals surface area contributed by atoms with Gasteiger partial charge in [0.25, 0.3) is 0 Å². The molecular formula is C11H18N6S. The Hall–Kier alpha value is -1.63. The largest absolute Gasteiger partial charge is 0.335 e. The maximum absolute atomic E-state index is 5.81. The standard InChI is InChI=1S/C11H18N6S/c1-4-5-16-8(3)9(7(2)15-16)6-10-13-14-11(18)17(10)12/h4-6,12H2,1-3H3,(H,14,18). The first-order chi connectivity index (χ1) is 8.54. The summed E-state index contributed by atoms with van der Waals surface area (Å²) < 4.78 is 3.87. The molecule has 0 radical (unpaired) electrons. The zero-order chi connectivity index (χ0) is 13.3. The van der Waals surface area contributed by atoms with Crippen molar-refractivity contribution in [1.29, 1.82) is 0 Å². The van der Waals surface area contributed by atoms with Crippen molar-refractivity contribution in [2.24, 2.45) is 0 Å². The van der Waals surface area contributed by atoms with Gasteiger partial charge in [-0.2, -0.15) is 10.2 Å². The van der Waals surface area contributed by atoms with Crippen molar-refractivity contribution in [3.8, 4) is 0 Å². The number of nitrogens with one attached hydrogen (secondary N) is 1. The highest BCUT2D eigenvalue weighted by molar-refractivity contribution is 7.71. The highest BCUT2D eigenvalue weighted by Gasteiger charge is 2.14. The van der Waals surface area contributed by atoms with Crippen molar-refractivity contribution in [3.05, 3.63) is 27.5 Å². The van der Waals surface area contributed by atoms with Crippen molar-refractivity contribution in [2.45, 2.75) is 40.2 Å². The topological polar surface area (TPSA) is 77.5 Å². The molecule has 0 aromatic carbocycles. The molecule has 0 atom stereocenters. The van der Waals surface area contributed by atoms with Gasteiger partial charge in [-0.05, 0) is 32.5 Å². The zero-order valence-electron chi connectivity index (χ0n) is 10.9. The zero-order valence-corrected chi connectivity index (χ0v) is 11.7. The van der Waals surface area contributed by atoms with Crippen LogP contribution in [0, 0.1) is 18.6 Å². The first-order valence-corrected chi connectivity index (χ1v) is 6.39. The lowest BCUT2D eigenvalue weighted by Gasteiger charge is -2.03. The van der Waals surface area contributed by atoms with E-state index in [9.17, 15) is 0 Å². The summed E-state index contributed by atoms with van der Waals surface area (Å²) in [7, 11) is 0. The summed E-state index contributed by atoms with van der Waals surface area (Å²) in [5.41, 5.74) is 3.36. The summed E-state index contributed by atoms with van der Waals surface area (Å²) in [6.07, 6.45) is 1.71. The Labute approximate surface area is 111 Å². The number of rotatable bonds is 4. The Balaban J connectivity index is 2.34. The number of aromatic amines is 1. The molecule has 2 heterocycles. The minimum atomic E-state index is 0.432. The van der Waals surface area contributed by atoms with E-state index in [4.69, 9.17) is 18.1 Å². The second-order valence-electron chi connectivity index (χ2n) is 4.36. The Kier molecular flexibility index (Phi) is 3.51. The molecule has 0 aliphatic carbocycles. The van der Waals surface area contributed by atoms with Crippen molar-refractivity contribution >= 4 is 12.2 Å². The van der Waals surface area contributed by atoms with E-state index in [1.807, 2.05) is 11.6 Å². The van der Waals surface area contributed by atoms with E-state index in [1.54, 1.807) is 0 Å². The van der Waals surface area contributed by atoms with Crippen LogP contribution in [0.4, 0.5) is 0 Å². The molecule has 2 aromatic rings. The number of nitrogens with two attached hydrogens (primary N) is 1. The smallest absolute Gasteiger partial charge is 0.214 e. The lowest BCUT2D eigenvalue weighted by atomic mass is 10.1. The van der Waals surface area contributed by atoms with Crippen molar-refractivity contribution in [1.82, 2.24) is 24.7 Å². The number of hydrogen-bond acceptors (Lipinski definition) is 4. The summed E-state index contributed by atoms with van der Waals surface area (Å²) >= 11 is 5.00. The molecule has 0 fully saturated rings. The van der Waals surface area contributed by atoms with Gasteiger partial charge in [0, 0.05) is 24.2 Å². The third kappa shape index (κ3) is 2.17. The maximum atomic E-state index is 5.81. The third-order valence-electron chi connectivity index (χ3n) is 3.08. The predicted octanol–water partition coefficient (Wildman–Crippen LogP) is 1.47. The molecule has 0 aliphatic rings. The molecule has 0 spiro atoms. The van der Waals surface area contributed by atoms with E-state index in [-0.39, 0.29) is 0 Å². The molecule has 7 heteroatoms. The van der Waals surface area contributed by atoms with Crippen LogP contribution in [0.1, 0.15) is 36.1 Å². The molecule has 2 rings (SSSR count). The normalized spacial score (nSPS) is 11.1. The third-order valence-corrected chi connectivity index (χ3v) is 3.37. The molecule has 98 valence electrons. The molecule has 0 aliphatic heterocycles. The molecule has 3 N–H and O–H groups in total. The highest BCUT2D eigenvalue weighted by atomic mass is 32.1. The van der Waals surface area contributed by atoms with Crippen LogP contribution in [0.25, 0.3) is 0 Å². The van der Waals surface area contributed by atoms with E-state index in [0.717, 1.165) is 24.5 Å². The first-order valence-electron chi connectivity index (χ1n) is 5.98. The van der Waals surface area contributed by atoms with Crippen LogP contribution in [0.5, 0.6) is 0 Å². The summed E-state index contributed by atoms with van der Waals surface area (Å²) in [6.45, 7) is 7.16. The summed E-state index contributed by atoms with van der Waals surface area (Å²) in [5.74, 6) is 6.53. The molecule has 18 heavy (non-hydrogen) atoms. The van der Waals surface area contributed by atoms with Gasteiger partial charge in [-0.3, -0.25) is 9.78 Å². The average molecular weight is 266 g/mol. The number of nitrogen functional groups attached to an aromatic ring is 1. The van der Waals surface area contributed by atoms with Crippen LogP contribution in [0.3, 0.4) is 0 Å². The fraction of sp³-hybridized carbons (Fsp3) is 0.545. The van der Waals surface area contributed by atoms with Gasteiger partial charge < -0.3 is 5.84 Å². The van der Waals surface area contributed by atoms with Gasteiger partial charge >= 0.3 is 0 Å². The van der Waals surface area contributed by atoms with Gasteiger partial charge in [0.2, 0.25) is 4.77 Å². The number of aryl methyl sites for hydroxylation is 2. The highest BCUT2D eigenvalue weighted by Crippen LogP contribution is 2.16. The number of aromatic nitrogens is 5. The second-order valence-corrected chi connectivity index (χ2v) is 4.75. The minimum absolute atomic E-state index is 0.432. The first kappa shape index (κ1) is 12.8. The average Bonchev–Trinajstić information content (AvgIpc) is 2.78. The lowest BCUT2D eigenvalue weighted by Crippen LogP contribution is -2.13. The fourth-order valence-electron chi connectivity index (χ4n) is 2.04. The van der Waals surface area contributed by atoms with E-state index >= 15 is 0 Å². The van der Waals surface area contributed by atoms with Crippen LogP contribution >= 0.6 is 12.2 Å². The van der Waals surface area contributed by atoms with E-state index in [1.165, 1.54) is 15.9 Å². The molecular weight excluding hydrogens is 248 g/mol. The number of nitrogens with zero attached hydrogens (tertiary/aromatic N) is 4. The number of H-pyrrole nitrogens is 1. The summed E-state index contributed by atoms with van der Waals surface area (Å²) in [4.78, 5) is 0. The Morgan fingerprint density at radius 2 is 2.11 bits per heavy atom. The Bertz CT molecular complexity index is 606. The van der Waals surface area contributed by atoms with Gasteiger partial charge in [-0.15, -0.1) is 0 Å². The Morgan fingerprint density at radius 3 is 2.67 bits per heavy atom. The van der Waals surface area contributed by atoms with Gasteiger partial charge in [0.05, 0.1) is 5.69 Å². The van der Waals surface area contributed by atoms with E-state index in [2.05, 4.69) is 29.1 Å². The van der Waals surface area contributed by atoms with Crippen molar-refractivity contribution in [2.75, 3.05) is 5.84 Å². The van der Waals surface area contributed by atoms with Crippen LogP contribution < -0.4 is 5.84 Å². The van der Waals surface area contributed by atoms with Gasteiger partial charge in [-0.25, -0.2) is 4.68 Å². The second kappa shape index (κ2) is 4.93. The van der Waals surface area contributed by atoms with E-state index in [0.29, 0.717) is 11.2 Å². The van der Waals surface area contributed by atoms with Gasteiger partial charge in [0.1, 0.15) is 0 Å². The quantitative estimate of drug-likeness (QED) is 0.649. The molecule has 0 bridgehead atoms. The molecule has 0 amide bonds. The molecule has 2 aromatic heterocycles. The molecule has 0 saturated heterocycles. The van der Waals surface area contributed by atoms with Crippen LogP contribution in [0.15, 0.2) is 0 Å². The summed E-state index contributed by atoms with van der Waals surface area (Å²) in [6, 6.07) is 0. The van der Waals surface area contributed by atoms with Crippen LogP contribution in [-0.2, 0) is 13.0 Å². The molecule has 0 unspecified atom stereocenters. The summed E-state index contributed by atoms with van der Waals surface area (Å²) in [5, 5.41) is 11.4. The minimum Gasteiger partial charge on any atom is -0.335 e. The van der Waals surface area contributed by atoms with Crippen molar-refractivity contribution < 1.29 is 0 Å². The molecule has 6 nitrogen and oxygen atoms in total. The van der Waals surface area contributed by atoms with Gasteiger partial charge in [0.15, 0.2) is 5.82 Å². The monoisotopic (exact) mass is 266 g/mol. The predicted molar refractivity (Wildman–Crippen MR) is 72.4 cm³/mol. The van der Waals surface area contributed by atoms with Crippen LogP contribution in [0.2, 0.25) is 0 Å². The SMILES string of the molecule is CCCn1nc(C)c(Cc2n[nH]c(=S)n2N)c1C. The fourth-order valence-corrected chi connectivity index (χ4v) is 2.19. The van der Waals surface area contributed by atoms with Crippen LogP contribution in [-0.4, -0.2) is 24.7 Å². The van der Waals surface area contributed by atoms with Gasteiger partial charge in [-0.1, -0.05) is 6.92 Å². The molecule has 0 saturated carbocycles. The van der Waals surface area contributed by atoms with E-state index < -0.39 is 0 Å². The Morgan fingerprint density at radius 1 is 1.39 bits per heavy atom.